The fourth-order valence-corrected chi connectivity index (χ4v) is 3.33. The quantitative estimate of drug-likeness (QED) is 0.914. The molecule has 0 aromatic heterocycles. The summed E-state index contributed by atoms with van der Waals surface area (Å²) in [4.78, 5) is 13.4. The fraction of sp³-hybridized carbons (Fsp3) is 0.562. The molecule has 0 radical (unpaired) electrons. The topological polar surface area (TPSA) is 49.8 Å². The molecule has 0 unspecified atom stereocenters. The molecule has 3 rings (SSSR count). The van der Waals surface area contributed by atoms with Crippen molar-refractivity contribution < 1.29 is 14.6 Å². The van der Waals surface area contributed by atoms with Crippen molar-refractivity contribution >= 4 is 11.7 Å². The monoisotopic (exact) mass is 275 g/mol. The predicted octanol–water partition coefficient (Wildman–Crippen LogP) is 2.10. The molecule has 0 spiro atoms. The highest BCUT2D eigenvalue weighted by molar-refractivity contribution is 5.73. The molecule has 0 saturated carbocycles. The number of ether oxygens (including phenoxy) is 1. The summed E-state index contributed by atoms with van der Waals surface area (Å²) in [6.45, 7) is 3.85. The van der Waals surface area contributed by atoms with Gasteiger partial charge in [-0.1, -0.05) is 12.1 Å². The first-order valence-electron chi connectivity index (χ1n) is 7.39. The summed E-state index contributed by atoms with van der Waals surface area (Å²) in [7, 11) is 0. The van der Waals surface area contributed by atoms with Gasteiger partial charge < -0.3 is 14.7 Å². The van der Waals surface area contributed by atoms with Gasteiger partial charge in [-0.3, -0.25) is 4.79 Å². The van der Waals surface area contributed by atoms with Crippen LogP contribution in [-0.2, 0) is 22.4 Å². The molecule has 0 atom stereocenters. The minimum Gasteiger partial charge on any atom is -0.481 e. The summed E-state index contributed by atoms with van der Waals surface area (Å²) in [5.74, 6) is -0.0425. The number of nitrogens with zero attached hydrogens (tertiary/aromatic N) is 1. The zero-order valence-corrected chi connectivity index (χ0v) is 11.7. The van der Waals surface area contributed by atoms with E-state index >= 15 is 0 Å². The molecule has 2 aliphatic rings. The van der Waals surface area contributed by atoms with Gasteiger partial charge in [0.05, 0.1) is 6.42 Å². The molecular formula is C16H21NO3. The van der Waals surface area contributed by atoms with Crippen molar-refractivity contribution in [2.24, 2.45) is 5.92 Å². The number of hydrogen-bond acceptors (Lipinski definition) is 3. The van der Waals surface area contributed by atoms with Gasteiger partial charge in [-0.15, -0.1) is 0 Å². The second-order valence-electron chi connectivity index (χ2n) is 5.74. The summed E-state index contributed by atoms with van der Waals surface area (Å²) < 4.78 is 5.41. The smallest absolute Gasteiger partial charge is 0.307 e. The number of rotatable bonds is 4. The number of benzene rings is 1. The normalized spacial score (nSPS) is 19.1. The molecule has 20 heavy (non-hydrogen) atoms. The third-order valence-electron chi connectivity index (χ3n) is 4.38. The minimum atomic E-state index is -0.749. The Hall–Kier alpha value is -1.55. The summed E-state index contributed by atoms with van der Waals surface area (Å²) in [6.07, 6.45) is 3.39. The van der Waals surface area contributed by atoms with Crippen LogP contribution >= 0.6 is 0 Å². The Morgan fingerprint density at radius 3 is 2.90 bits per heavy atom. The van der Waals surface area contributed by atoms with E-state index < -0.39 is 5.97 Å². The summed E-state index contributed by atoms with van der Waals surface area (Å²) >= 11 is 0. The number of aliphatic carboxylic acids is 1. The largest absolute Gasteiger partial charge is 0.481 e. The Balaban J connectivity index is 1.74. The molecule has 0 amide bonds. The minimum absolute atomic E-state index is 0.133. The van der Waals surface area contributed by atoms with E-state index in [0.29, 0.717) is 5.92 Å². The standard InChI is InChI=1S/C16H21NO3/c18-16(19)10-13-2-1-3-15-14(13)4-7-17(15)11-12-5-8-20-9-6-12/h1-3,12H,4-11H2,(H,18,19). The number of anilines is 1. The van der Waals surface area contributed by atoms with Crippen LogP contribution in [0.1, 0.15) is 24.0 Å². The fourth-order valence-electron chi connectivity index (χ4n) is 3.33. The lowest BCUT2D eigenvalue weighted by Gasteiger charge is -2.28. The molecule has 108 valence electrons. The third-order valence-corrected chi connectivity index (χ3v) is 4.38. The zero-order valence-electron chi connectivity index (χ0n) is 11.7. The first-order chi connectivity index (χ1) is 9.74. The van der Waals surface area contributed by atoms with Gasteiger partial charge in [0.15, 0.2) is 0 Å². The first kappa shape index (κ1) is 13.4. The SMILES string of the molecule is O=C(O)Cc1cccc2c1CCN2CC1CCOCC1. The summed E-state index contributed by atoms with van der Waals surface area (Å²) in [6, 6.07) is 6.07. The Morgan fingerprint density at radius 2 is 2.15 bits per heavy atom. The van der Waals surface area contributed by atoms with Crippen LogP contribution in [0.2, 0.25) is 0 Å². The number of carboxylic acids is 1. The maximum atomic E-state index is 10.9. The van der Waals surface area contributed by atoms with Crippen LogP contribution in [0, 0.1) is 5.92 Å². The average Bonchev–Trinajstić information content (AvgIpc) is 2.84. The Bertz CT molecular complexity index is 494. The number of carbonyl (C=O) groups is 1. The number of carboxylic acid groups (broad SMARTS) is 1. The summed E-state index contributed by atoms with van der Waals surface area (Å²) in [5.41, 5.74) is 3.46. The molecule has 2 heterocycles. The van der Waals surface area contributed by atoms with Crippen molar-refractivity contribution in [3.8, 4) is 0 Å². The van der Waals surface area contributed by atoms with Crippen LogP contribution in [-0.4, -0.2) is 37.4 Å². The van der Waals surface area contributed by atoms with Crippen molar-refractivity contribution in [2.45, 2.75) is 25.7 Å². The molecule has 1 aromatic rings. The second-order valence-corrected chi connectivity index (χ2v) is 5.74. The Morgan fingerprint density at radius 1 is 1.35 bits per heavy atom. The van der Waals surface area contributed by atoms with Gasteiger partial charge in [-0.2, -0.15) is 0 Å². The molecule has 1 aromatic carbocycles. The van der Waals surface area contributed by atoms with E-state index in [9.17, 15) is 4.79 Å². The van der Waals surface area contributed by atoms with Gasteiger partial charge in [-0.25, -0.2) is 0 Å². The van der Waals surface area contributed by atoms with Crippen molar-refractivity contribution in [3.05, 3.63) is 29.3 Å². The molecule has 2 aliphatic heterocycles. The van der Waals surface area contributed by atoms with Crippen molar-refractivity contribution in [1.82, 2.24) is 0 Å². The van der Waals surface area contributed by atoms with Crippen LogP contribution in [0.25, 0.3) is 0 Å². The molecule has 0 aliphatic carbocycles. The summed E-state index contributed by atoms with van der Waals surface area (Å²) in [5, 5.41) is 9.00. The highest BCUT2D eigenvalue weighted by Gasteiger charge is 2.25. The van der Waals surface area contributed by atoms with Crippen molar-refractivity contribution in [3.63, 3.8) is 0 Å². The van der Waals surface area contributed by atoms with Gasteiger partial charge >= 0.3 is 5.97 Å². The highest BCUT2D eigenvalue weighted by Crippen LogP contribution is 2.32. The van der Waals surface area contributed by atoms with Crippen LogP contribution in [0.4, 0.5) is 5.69 Å². The van der Waals surface area contributed by atoms with Gasteiger partial charge in [0.1, 0.15) is 0 Å². The first-order valence-corrected chi connectivity index (χ1v) is 7.39. The van der Waals surface area contributed by atoms with E-state index in [1.165, 1.54) is 11.3 Å². The Labute approximate surface area is 119 Å². The predicted molar refractivity (Wildman–Crippen MR) is 77.2 cm³/mol. The molecule has 1 N–H and O–H groups in total. The van der Waals surface area contributed by atoms with Crippen molar-refractivity contribution in [1.29, 1.82) is 0 Å². The van der Waals surface area contributed by atoms with E-state index in [1.807, 2.05) is 12.1 Å². The van der Waals surface area contributed by atoms with E-state index in [1.54, 1.807) is 0 Å². The van der Waals surface area contributed by atoms with Gasteiger partial charge in [0.2, 0.25) is 0 Å². The lowest BCUT2D eigenvalue weighted by atomic mass is 9.99. The Kier molecular flexibility index (Phi) is 3.92. The zero-order chi connectivity index (χ0) is 13.9. The van der Waals surface area contributed by atoms with Crippen LogP contribution in [0.5, 0.6) is 0 Å². The molecule has 4 nitrogen and oxygen atoms in total. The van der Waals surface area contributed by atoms with Crippen molar-refractivity contribution in [2.75, 3.05) is 31.2 Å². The van der Waals surface area contributed by atoms with Gasteiger partial charge in [0.25, 0.3) is 0 Å². The highest BCUT2D eigenvalue weighted by atomic mass is 16.5. The van der Waals surface area contributed by atoms with E-state index in [-0.39, 0.29) is 6.42 Å². The maximum absolute atomic E-state index is 10.9. The molecule has 1 saturated heterocycles. The lowest BCUT2D eigenvalue weighted by Crippen LogP contribution is -2.31. The van der Waals surface area contributed by atoms with Crippen LogP contribution < -0.4 is 4.90 Å². The molecular weight excluding hydrogens is 254 g/mol. The molecule has 4 heteroatoms. The third kappa shape index (κ3) is 2.80. The van der Waals surface area contributed by atoms with E-state index in [0.717, 1.165) is 51.1 Å². The molecule has 0 bridgehead atoms. The van der Waals surface area contributed by atoms with E-state index in [4.69, 9.17) is 9.84 Å². The van der Waals surface area contributed by atoms with Crippen LogP contribution in [0.3, 0.4) is 0 Å². The van der Waals surface area contributed by atoms with E-state index in [2.05, 4.69) is 11.0 Å². The van der Waals surface area contributed by atoms with Gasteiger partial charge in [-0.05, 0) is 42.4 Å². The lowest BCUT2D eigenvalue weighted by molar-refractivity contribution is -0.136. The second kappa shape index (κ2) is 5.83. The average molecular weight is 275 g/mol. The van der Waals surface area contributed by atoms with Crippen LogP contribution in [0.15, 0.2) is 18.2 Å². The molecule has 1 fully saturated rings. The van der Waals surface area contributed by atoms with Gasteiger partial charge in [0, 0.05) is 32.0 Å². The maximum Gasteiger partial charge on any atom is 0.307 e. The number of hydrogen-bond donors (Lipinski definition) is 1. The number of fused-ring (bicyclic) bond motifs is 1.